The van der Waals surface area contributed by atoms with Gasteiger partial charge in [0.2, 0.25) is 0 Å². The maximum Gasteiger partial charge on any atom is 0.326 e. The standard InChI is InChI=1S/C22H22FN5O/c1-13-8-15-4-5-17(21(23)16(15)9-13)29-22-26-19(25-18-10-14(2)12-24-18)11-20(27-22)28-6-3-7-28/h4-5,9-11H,3,6-8,12H2,1-2H3,(H,24,25,26,27). The number of rotatable bonds is 4. The summed E-state index contributed by atoms with van der Waals surface area (Å²) in [7, 11) is 0. The van der Waals surface area contributed by atoms with E-state index >= 15 is 0 Å². The smallest absolute Gasteiger partial charge is 0.326 e. The summed E-state index contributed by atoms with van der Waals surface area (Å²) < 4.78 is 20.8. The van der Waals surface area contributed by atoms with Gasteiger partial charge in [0.05, 0.1) is 6.54 Å². The van der Waals surface area contributed by atoms with Crippen molar-refractivity contribution in [3.8, 4) is 11.8 Å². The summed E-state index contributed by atoms with van der Waals surface area (Å²) in [5.74, 6) is 1.87. The van der Waals surface area contributed by atoms with Crippen molar-refractivity contribution in [2.75, 3.05) is 29.9 Å². The maximum atomic E-state index is 15.0. The normalized spacial score (nSPS) is 17.3. The zero-order valence-electron chi connectivity index (χ0n) is 16.5. The lowest BCUT2D eigenvalue weighted by Gasteiger charge is -2.32. The summed E-state index contributed by atoms with van der Waals surface area (Å²) >= 11 is 0. The number of hydrogen-bond donors (Lipinski definition) is 1. The third kappa shape index (κ3) is 3.48. The van der Waals surface area contributed by atoms with Gasteiger partial charge in [0, 0.05) is 24.7 Å². The molecule has 148 valence electrons. The SMILES string of the molecule is CC1=CC(Nc2cc(N3CCC3)nc(Oc3ccc4c(c3F)C=C(C)C4)n2)=NC1. The van der Waals surface area contributed by atoms with Crippen molar-refractivity contribution >= 4 is 23.5 Å². The lowest BCUT2D eigenvalue weighted by atomic mass is 10.1. The van der Waals surface area contributed by atoms with Crippen molar-refractivity contribution < 1.29 is 9.13 Å². The first-order valence-electron chi connectivity index (χ1n) is 9.84. The first-order chi connectivity index (χ1) is 14.0. The number of hydrogen-bond acceptors (Lipinski definition) is 6. The van der Waals surface area contributed by atoms with E-state index in [9.17, 15) is 4.39 Å². The minimum absolute atomic E-state index is 0.119. The molecule has 3 heterocycles. The van der Waals surface area contributed by atoms with E-state index in [2.05, 4.69) is 25.2 Å². The number of allylic oxidation sites excluding steroid dienone is 1. The second kappa shape index (κ2) is 6.99. The van der Waals surface area contributed by atoms with Gasteiger partial charge in [0.1, 0.15) is 17.5 Å². The number of nitrogens with one attached hydrogen (secondary N) is 1. The van der Waals surface area contributed by atoms with E-state index in [0.29, 0.717) is 17.9 Å². The van der Waals surface area contributed by atoms with Gasteiger partial charge in [0.25, 0.3) is 0 Å². The molecule has 3 aliphatic rings. The highest BCUT2D eigenvalue weighted by atomic mass is 19.1. The Hall–Kier alpha value is -3.22. The second-order valence-electron chi connectivity index (χ2n) is 7.77. The highest BCUT2D eigenvalue weighted by Crippen LogP contribution is 2.34. The fourth-order valence-corrected chi connectivity index (χ4v) is 3.67. The van der Waals surface area contributed by atoms with Crippen molar-refractivity contribution in [1.82, 2.24) is 9.97 Å². The van der Waals surface area contributed by atoms with E-state index in [1.807, 2.05) is 38.1 Å². The van der Waals surface area contributed by atoms with Gasteiger partial charge >= 0.3 is 6.01 Å². The zero-order valence-corrected chi connectivity index (χ0v) is 16.5. The van der Waals surface area contributed by atoms with E-state index < -0.39 is 0 Å². The monoisotopic (exact) mass is 391 g/mol. The average molecular weight is 391 g/mol. The van der Waals surface area contributed by atoms with Crippen LogP contribution in [-0.2, 0) is 6.42 Å². The molecule has 1 saturated heterocycles. The van der Waals surface area contributed by atoms with Crippen LogP contribution in [-0.4, -0.2) is 35.4 Å². The van der Waals surface area contributed by atoms with E-state index in [1.54, 1.807) is 6.07 Å². The molecular formula is C22H22FN5O. The number of aromatic nitrogens is 2. The quantitative estimate of drug-likeness (QED) is 0.840. The fourth-order valence-electron chi connectivity index (χ4n) is 3.67. The summed E-state index contributed by atoms with van der Waals surface area (Å²) in [6.45, 7) is 6.59. The summed E-state index contributed by atoms with van der Waals surface area (Å²) in [6.07, 6.45) is 5.76. The number of fused-ring (bicyclic) bond motifs is 1. The minimum atomic E-state index is -0.370. The van der Waals surface area contributed by atoms with Crippen LogP contribution >= 0.6 is 0 Å². The van der Waals surface area contributed by atoms with Gasteiger partial charge in [-0.05, 0) is 50.0 Å². The van der Waals surface area contributed by atoms with Gasteiger partial charge in [-0.3, -0.25) is 4.99 Å². The van der Waals surface area contributed by atoms with Crippen molar-refractivity contribution in [1.29, 1.82) is 0 Å². The molecule has 5 rings (SSSR count). The van der Waals surface area contributed by atoms with Gasteiger partial charge in [-0.2, -0.15) is 9.97 Å². The minimum Gasteiger partial charge on any atom is -0.421 e. The molecule has 0 amide bonds. The highest BCUT2D eigenvalue weighted by Gasteiger charge is 2.22. The number of aliphatic imine (C=N–C) groups is 1. The van der Waals surface area contributed by atoms with E-state index in [1.165, 1.54) is 5.57 Å². The molecule has 0 atom stereocenters. The molecular weight excluding hydrogens is 369 g/mol. The molecule has 6 nitrogen and oxygen atoms in total. The Balaban J connectivity index is 1.46. The molecule has 0 unspecified atom stereocenters. The van der Waals surface area contributed by atoms with Crippen LogP contribution in [0.25, 0.3) is 6.08 Å². The van der Waals surface area contributed by atoms with Gasteiger partial charge < -0.3 is 15.0 Å². The van der Waals surface area contributed by atoms with Crippen LogP contribution in [0.2, 0.25) is 0 Å². The van der Waals surface area contributed by atoms with Crippen LogP contribution in [0.15, 0.2) is 40.4 Å². The van der Waals surface area contributed by atoms with Crippen LogP contribution in [0.3, 0.4) is 0 Å². The number of amidine groups is 1. The van der Waals surface area contributed by atoms with Crippen LogP contribution in [0.4, 0.5) is 16.0 Å². The number of anilines is 2. The van der Waals surface area contributed by atoms with E-state index in [4.69, 9.17) is 4.74 Å². The molecule has 29 heavy (non-hydrogen) atoms. The average Bonchev–Trinajstić information content (AvgIpc) is 3.21. The molecule has 1 N–H and O–H groups in total. The first kappa shape index (κ1) is 17.8. The molecule has 0 saturated carbocycles. The Morgan fingerprint density at radius 2 is 1.97 bits per heavy atom. The molecule has 7 heteroatoms. The van der Waals surface area contributed by atoms with Gasteiger partial charge in [-0.25, -0.2) is 4.39 Å². The first-order valence-corrected chi connectivity index (χ1v) is 9.84. The number of ether oxygens (including phenoxy) is 1. The topological polar surface area (TPSA) is 62.6 Å². The molecule has 1 aromatic carbocycles. The third-order valence-electron chi connectivity index (χ3n) is 5.31. The molecule has 2 aliphatic heterocycles. The lowest BCUT2D eigenvalue weighted by molar-refractivity contribution is 0.410. The predicted octanol–water partition coefficient (Wildman–Crippen LogP) is 4.35. The largest absolute Gasteiger partial charge is 0.421 e. The third-order valence-corrected chi connectivity index (χ3v) is 5.31. The maximum absolute atomic E-state index is 15.0. The van der Waals surface area contributed by atoms with Crippen molar-refractivity contribution in [2.24, 2.45) is 4.99 Å². The predicted molar refractivity (Wildman–Crippen MR) is 112 cm³/mol. The van der Waals surface area contributed by atoms with Gasteiger partial charge in [-0.1, -0.05) is 17.7 Å². The van der Waals surface area contributed by atoms with Crippen molar-refractivity contribution in [2.45, 2.75) is 26.7 Å². The molecule has 1 aliphatic carbocycles. The van der Waals surface area contributed by atoms with Crippen molar-refractivity contribution in [3.63, 3.8) is 0 Å². The fraction of sp³-hybridized carbons (Fsp3) is 0.318. The summed E-state index contributed by atoms with van der Waals surface area (Å²) in [4.78, 5) is 15.5. The highest BCUT2D eigenvalue weighted by molar-refractivity contribution is 6.05. The number of halogens is 1. The number of benzene rings is 1. The van der Waals surface area contributed by atoms with E-state index in [0.717, 1.165) is 48.7 Å². The second-order valence-corrected chi connectivity index (χ2v) is 7.77. The van der Waals surface area contributed by atoms with Gasteiger partial charge in [-0.15, -0.1) is 0 Å². The Bertz CT molecular complexity index is 1080. The van der Waals surface area contributed by atoms with E-state index in [-0.39, 0.29) is 17.6 Å². The van der Waals surface area contributed by atoms with Crippen LogP contribution in [0.1, 0.15) is 31.4 Å². The molecule has 2 aromatic rings. The Labute approximate surface area is 168 Å². The molecule has 1 fully saturated rings. The molecule has 1 aromatic heterocycles. The lowest BCUT2D eigenvalue weighted by Crippen LogP contribution is -2.37. The summed E-state index contributed by atoms with van der Waals surface area (Å²) in [6, 6.07) is 5.55. The number of nitrogens with zero attached hydrogens (tertiary/aromatic N) is 4. The Morgan fingerprint density at radius 3 is 2.69 bits per heavy atom. The molecule has 0 spiro atoms. The van der Waals surface area contributed by atoms with Crippen molar-refractivity contribution in [3.05, 3.63) is 52.4 Å². The summed E-state index contributed by atoms with van der Waals surface area (Å²) in [5.41, 5.74) is 3.90. The zero-order chi connectivity index (χ0) is 20.0. The van der Waals surface area contributed by atoms with Crippen LogP contribution in [0, 0.1) is 5.82 Å². The Kier molecular flexibility index (Phi) is 4.30. The van der Waals surface area contributed by atoms with Crippen LogP contribution < -0.4 is 15.0 Å². The van der Waals surface area contributed by atoms with Gasteiger partial charge in [0.15, 0.2) is 11.6 Å². The Morgan fingerprint density at radius 1 is 1.10 bits per heavy atom. The molecule has 0 bridgehead atoms. The molecule has 0 radical (unpaired) electrons. The summed E-state index contributed by atoms with van der Waals surface area (Å²) in [5, 5.41) is 3.22. The van der Waals surface area contributed by atoms with Crippen LogP contribution in [0.5, 0.6) is 11.8 Å².